The van der Waals surface area contributed by atoms with E-state index in [9.17, 15) is 13.2 Å². The lowest BCUT2D eigenvalue weighted by molar-refractivity contribution is -0.127. The van der Waals surface area contributed by atoms with Gasteiger partial charge in [-0.1, -0.05) is 12.1 Å². The van der Waals surface area contributed by atoms with Crippen LogP contribution in [0.1, 0.15) is 37.1 Å². The maximum Gasteiger partial charge on any atom is 0.285 e. The summed E-state index contributed by atoms with van der Waals surface area (Å²) in [5.41, 5.74) is 0.613. The number of rotatable bonds is 3. The van der Waals surface area contributed by atoms with Crippen LogP contribution in [0.2, 0.25) is 0 Å². The van der Waals surface area contributed by atoms with E-state index in [0.29, 0.717) is 30.2 Å². The molecule has 0 unspecified atom stereocenters. The van der Waals surface area contributed by atoms with Crippen molar-refractivity contribution >= 4 is 21.8 Å². The lowest BCUT2D eigenvalue weighted by Crippen LogP contribution is -2.45. The van der Waals surface area contributed by atoms with Crippen LogP contribution < -0.4 is 5.32 Å². The number of amides is 1. The van der Waals surface area contributed by atoms with Crippen LogP contribution in [0.5, 0.6) is 0 Å². The largest absolute Gasteiger partial charge is 0.467 e. The van der Waals surface area contributed by atoms with Crippen LogP contribution in [-0.4, -0.2) is 38.2 Å². The second-order valence-corrected chi connectivity index (χ2v) is 8.49. The normalized spacial score (nSPS) is 22.0. The minimum Gasteiger partial charge on any atom is -0.467 e. The molecule has 2 aromatic rings. The Hall–Kier alpha value is -2.61. The quantitative estimate of drug-likeness (QED) is 0.873. The smallest absolute Gasteiger partial charge is 0.285 e. The van der Waals surface area contributed by atoms with Crippen molar-refractivity contribution in [3.63, 3.8) is 0 Å². The summed E-state index contributed by atoms with van der Waals surface area (Å²) in [5.74, 6) is 0.867. The molecular weight excluding hydrogens is 366 g/mol. The molecule has 1 saturated heterocycles. The molecule has 0 bridgehead atoms. The van der Waals surface area contributed by atoms with Gasteiger partial charge in [-0.2, -0.15) is 8.42 Å². The third kappa shape index (κ3) is 3.37. The summed E-state index contributed by atoms with van der Waals surface area (Å²) in [6.07, 6.45) is 3.14. The number of amidine groups is 1. The Balaban J connectivity index is 1.50. The molecule has 1 aromatic carbocycles. The third-order valence-electron chi connectivity index (χ3n) is 5.03. The summed E-state index contributed by atoms with van der Waals surface area (Å²) in [7, 11) is -3.66. The first kappa shape index (κ1) is 17.8. The van der Waals surface area contributed by atoms with Gasteiger partial charge >= 0.3 is 0 Å². The fourth-order valence-corrected chi connectivity index (χ4v) is 4.87. The topological polar surface area (TPSA) is 92.0 Å². The first-order chi connectivity index (χ1) is 13.0. The number of nitrogens with one attached hydrogen (secondary N) is 1. The van der Waals surface area contributed by atoms with Crippen LogP contribution in [-0.2, 0) is 14.8 Å². The van der Waals surface area contributed by atoms with Gasteiger partial charge in [0, 0.05) is 18.7 Å². The van der Waals surface area contributed by atoms with Crippen LogP contribution in [0.15, 0.2) is 56.4 Å². The average Bonchev–Trinajstić information content (AvgIpc) is 3.29. The molecule has 1 N–H and O–H groups in total. The highest BCUT2D eigenvalue weighted by Crippen LogP contribution is 2.30. The fourth-order valence-electron chi connectivity index (χ4n) is 3.64. The first-order valence-corrected chi connectivity index (χ1v) is 10.4. The van der Waals surface area contributed by atoms with Crippen molar-refractivity contribution in [3.05, 3.63) is 54.0 Å². The van der Waals surface area contributed by atoms with E-state index in [2.05, 4.69) is 9.71 Å². The molecule has 2 aliphatic heterocycles. The number of fused-ring (bicyclic) bond motifs is 1. The Morgan fingerprint density at radius 1 is 1.30 bits per heavy atom. The minimum atomic E-state index is -3.66. The van der Waals surface area contributed by atoms with Gasteiger partial charge in [0.2, 0.25) is 5.91 Å². The number of carbonyl (C=O) groups is 1. The van der Waals surface area contributed by atoms with Crippen molar-refractivity contribution in [1.82, 2.24) is 10.2 Å². The number of carbonyl (C=O) groups excluding carboxylic acids is 1. The van der Waals surface area contributed by atoms with Crippen molar-refractivity contribution in [2.24, 2.45) is 10.3 Å². The van der Waals surface area contributed by atoms with Crippen molar-refractivity contribution in [3.8, 4) is 0 Å². The molecule has 2 atom stereocenters. The van der Waals surface area contributed by atoms with E-state index in [1.165, 1.54) is 0 Å². The van der Waals surface area contributed by atoms with Gasteiger partial charge in [-0.05, 0) is 44.0 Å². The number of nitrogens with zero attached hydrogens (tertiary/aromatic N) is 2. The standard InChI is InChI=1S/C19H21N3O4S/c1-13(16-8-5-11-26-16)20-19(23)14-6-4-10-22(12-14)18-15-7-2-3-9-17(15)27(24,25)21-18/h2-3,5,7-9,11,13-14H,4,6,10,12H2,1H3,(H,20,23)/t13-,14-/m1/s1. The molecule has 1 amide bonds. The Bertz CT molecular complexity index is 982. The Morgan fingerprint density at radius 3 is 2.89 bits per heavy atom. The van der Waals surface area contributed by atoms with Crippen LogP contribution in [0.25, 0.3) is 0 Å². The minimum absolute atomic E-state index is 0.0571. The molecule has 2 aliphatic rings. The van der Waals surface area contributed by atoms with E-state index >= 15 is 0 Å². The molecule has 7 nitrogen and oxygen atoms in total. The second kappa shape index (κ2) is 6.84. The monoisotopic (exact) mass is 387 g/mol. The van der Waals surface area contributed by atoms with Gasteiger partial charge in [-0.15, -0.1) is 4.40 Å². The number of piperidine rings is 1. The zero-order valence-electron chi connectivity index (χ0n) is 15.0. The van der Waals surface area contributed by atoms with E-state index in [-0.39, 0.29) is 22.8 Å². The van der Waals surface area contributed by atoms with Crippen LogP contribution in [0, 0.1) is 5.92 Å². The zero-order chi connectivity index (χ0) is 19.0. The van der Waals surface area contributed by atoms with Crippen LogP contribution >= 0.6 is 0 Å². The summed E-state index contributed by atoms with van der Waals surface area (Å²) in [6.45, 7) is 3.00. The maximum atomic E-state index is 12.7. The van der Waals surface area contributed by atoms with Crippen LogP contribution in [0.4, 0.5) is 0 Å². The van der Waals surface area contributed by atoms with E-state index < -0.39 is 10.0 Å². The predicted octanol–water partition coefficient (Wildman–Crippen LogP) is 2.32. The molecule has 1 aromatic heterocycles. The summed E-state index contributed by atoms with van der Waals surface area (Å²) < 4.78 is 33.9. The summed E-state index contributed by atoms with van der Waals surface area (Å²) in [4.78, 5) is 14.8. The van der Waals surface area contributed by atoms with Gasteiger partial charge in [-0.25, -0.2) is 0 Å². The summed E-state index contributed by atoms with van der Waals surface area (Å²) in [5, 5.41) is 2.98. The Kier molecular flexibility index (Phi) is 4.51. The fraction of sp³-hybridized carbons (Fsp3) is 0.368. The van der Waals surface area contributed by atoms with Crippen molar-refractivity contribution in [2.45, 2.75) is 30.7 Å². The molecule has 27 heavy (non-hydrogen) atoms. The number of likely N-dealkylation sites (tertiary alicyclic amines) is 1. The van der Waals surface area contributed by atoms with Crippen molar-refractivity contribution < 1.29 is 17.6 Å². The average molecular weight is 387 g/mol. The Labute approximate surface area is 158 Å². The second-order valence-electron chi connectivity index (χ2n) is 6.92. The van der Waals surface area contributed by atoms with Crippen molar-refractivity contribution in [1.29, 1.82) is 0 Å². The molecule has 0 saturated carbocycles. The van der Waals surface area contributed by atoms with Gasteiger partial charge in [0.15, 0.2) is 5.84 Å². The zero-order valence-corrected chi connectivity index (χ0v) is 15.8. The van der Waals surface area contributed by atoms with E-state index in [1.54, 1.807) is 36.6 Å². The summed E-state index contributed by atoms with van der Waals surface area (Å²) in [6, 6.07) is 10.2. The summed E-state index contributed by atoms with van der Waals surface area (Å²) >= 11 is 0. The SMILES string of the molecule is C[C@@H](NC(=O)[C@@H]1CCCN(C2=NS(=O)(=O)c3ccccc32)C1)c1ccco1. The van der Waals surface area contributed by atoms with Gasteiger partial charge in [0.1, 0.15) is 10.7 Å². The lowest BCUT2D eigenvalue weighted by Gasteiger charge is -2.33. The molecule has 4 rings (SSSR count). The van der Waals surface area contributed by atoms with Crippen molar-refractivity contribution in [2.75, 3.05) is 13.1 Å². The third-order valence-corrected chi connectivity index (χ3v) is 6.36. The number of furan rings is 1. The van der Waals surface area contributed by atoms with E-state index in [0.717, 1.165) is 12.8 Å². The molecule has 0 aliphatic carbocycles. The molecule has 0 radical (unpaired) electrons. The number of hydrogen-bond acceptors (Lipinski definition) is 5. The molecule has 1 fully saturated rings. The Morgan fingerprint density at radius 2 is 2.11 bits per heavy atom. The number of benzene rings is 1. The van der Waals surface area contributed by atoms with Crippen LogP contribution in [0.3, 0.4) is 0 Å². The molecule has 142 valence electrons. The predicted molar refractivity (Wildman–Crippen MR) is 99.7 cm³/mol. The molecule has 3 heterocycles. The highest BCUT2D eigenvalue weighted by Gasteiger charge is 2.35. The molecular formula is C19H21N3O4S. The molecule has 0 spiro atoms. The van der Waals surface area contributed by atoms with Gasteiger partial charge in [0.25, 0.3) is 10.0 Å². The first-order valence-electron chi connectivity index (χ1n) is 8.99. The van der Waals surface area contributed by atoms with E-state index in [4.69, 9.17) is 4.42 Å². The van der Waals surface area contributed by atoms with Gasteiger partial charge < -0.3 is 14.6 Å². The lowest BCUT2D eigenvalue weighted by atomic mass is 9.96. The highest BCUT2D eigenvalue weighted by atomic mass is 32.2. The highest BCUT2D eigenvalue weighted by molar-refractivity contribution is 7.90. The maximum absolute atomic E-state index is 12.7. The number of hydrogen-bond donors (Lipinski definition) is 1. The van der Waals surface area contributed by atoms with Gasteiger partial charge in [-0.3, -0.25) is 4.79 Å². The van der Waals surface area contributed by atoms with E-state index in [1.807, 2.05) is 17.9 Å². The number of sulfonamides is 1. The van der Waals surface area contributed by atoms with Gasteiger partial charge in [0.05, 0.1) is 18.2 Å². The molecule has 8 heteroatoms.